The summed E-state index contributed by atoms with van der Waals surface area (Å²) in [6, 6.07) is 0. The summed E-state index contributed by atoms with van der Waals surface area (Å²) in [4.78, 5) is 38.9. The molecule has 162 valence electrons. The third-order valence-electron chi connectivity index (χ3n) is 3.46. The number of aliphatic hydroxyl groups is 2. The van der Waals surface area contributed by atoms with Gasteiger partial charge in [-0.25, -0.2) is 28.7 Å². The summed E-state index contributed by atoms with van der Waals surface area (Å²) in [6.45, 7) is -1.87. The van der Waals surface area contributed by atoms with Crippen molar-refractivity contribution in [3.05, 3.63) is 32.9 Å². The van der Waals surface area contributed by atoms with Crippen LogP contribution in [-0.4, -0.2) is 60.2 Å². The third-order valence-corrected chi connectivity index (χ3v) is 3.73. The predicted molar refractivity (Wildman–Crippen MR) is 75.5 cm³/mol. The molecule has 1 aromatic rings. The van der Waals surface area contributed by atoms with E-state index < -0.39 is 61.8 Å². The van der Waals surface area contributed by atoms with Gasteiger partial charge in [-0.15, -0.1) is 0 Å². The Morgan fingerprint density at radius 1 is 1.39 bits per heavy atom. The number of rotatable bonds is 4. The Morgan fingerprint density at radius 2 is 1.89 bits per heavy atom. The minimum atomic E-state index is -4.65. The Bertz CT molecular complexity index is 858. The number of hydrogen-bond donors (Lipinski definition) is 6. The smallest absolute Gasteiger partial charge is 0.393 e. The van der Waals surface area contributed by atoms with Gasteiger partial charge in [-0.2, -0.15) is 13.2 Å². The van der Waals surface area contributed by atoms with Crippen molar-refractivity contribution in [3.63, 3.8) is 0 Å². The maximum absolute atomic E-state index is 13.9. The normalized spacial score (nSPS) is 26.8. The average molecular weight is 445 g/mol. The molecular weight excluding hydrogens is 432 g/mol. The topological polar surface area (TPSA) is 197 Å². The zero-order chi connectivity index (χ0) is 22.1. The molecule has 0 radical (unpaired) electrons. The molecule has 7 N–H and O–H groups in total. The maximum atomic E-state index is 13.9. The summed E-state index contributed by atoms with van der Waals surface area (Å²) in [5.74, 6) is -2.19. The highest BCUT2D eigenvalue weighted by molar-refractivity contribution is 7.46. The van der Waals surface area contributed by atoms with Gasteiger partial charge in [0.1, 0.15) is 0 Å². The molecular formula is C10H13F5N3O9P. The third kappa shape index (κ3) is 4.47. The van der Waals surface area contributed by atoms with E-state index in [1.54, 1.807) is 0 Å². The molecule has 0 aliphatic carbocycles. The average Bonchev–Trinajstić information content (AvgIpc) is 2.79. The first-order chi connectivity index (χ1) is 12.6. The number of aromatic amines is 1. The highest BCUT2D eigenvalue weighted by Gasteiger charge is 2.73. The lowest BCUT2D eigenvalue weighted by atomic mass is 9.95. The van der Waals surface area contributed by atoms with Crippen molar-refractivity contribution in [2.24, 2.45) is 5.90 Å². The van der Waals surface area contributed by atoms with Gasteiger partial charge < -0.3 is 24.7 Å². The van der Waals surface area contributed by atoms with E-state index in [1.807, 2.05) is 0 Å². The number of ether oxygens (including phenoxy) is 1. The molecule has 1 fully saturated rings. The number of halogens is 5. The number of hydrogen-bond acceptors (Lipinski definition) is 8. The van der Waals surface area contributed by atoms with Crippen molar-refractivity contribution in [2.45, 2.75) is 30.3 Å². The van der Waals surface area contributed by atoms with E-state index in [2.05, 4.69) is 15.3 Å². The minimum absolute atomic E-state index is 0.00486. The van der Waals surface area contributed by atoms with Crippen LogP contribution in [0.15, 0.2) is 15.8 Å². The lowest BCUT2D eigenvalue weighted by Crippen LogP contribution is -2.57. The largest absolute Gasteiger partial charge is 0.485 e. The van der Waals surface area contributed by atoms with Crippen LogP contribution in [0.25, 0.3) is 0 Å². The Morgan fingerprint density at radius 3 is 2.25 bits per heavy atom. The van der Waals surface area contributed by atoms with Crippen LogP contribution in [-0.2, 0) is 13.9 Å². The lowest BCUT2D eigenvalue weighted by Gasteiger charge is -2.31. The molecule has 18 heteroatoms. The molecule has 1 aromatic heterocycles. The van der Waals surface area contributed by atoms with E-state index in [0.29, 0.717) is 0 Å². The van der Waals surface area contributed by atoms with E-state index in [1.165, 1.54) is 4.98 Å². The Balaban J connectivity index is 0.000000568. The van der Waals surface area contributed by atoms with Crippen LogP contribution in [0.2, 0.25) is 0 Å². The van der Waals surface area contributed by atoms with E-state index >= 15 is 0 Å². The zero-order valence-electron chi connectivity index (χ0n) is 13.2. The zero-order valence-corrected chi connectivity index (χ0v) is 14.1. The highest BCUT2D eigenvalue weighted by atomic mass is 31.2. The Labute approximate surface area is 150 Å². The molecule has 0 unspecified atom stereocenters. The summed E-state index contributed by atoms with van der Waals surface area (Å²) in [6.07, 6.45) is -9.22. The van der Waals surface area contributed by atoms with Gasteiger partial charge >= 0.3 is 19.4 Å². The number of nitrogens with zero attached hydrogens (tertiary/aromatic N) is 1. The number of alkyl halides is 4. The Hall–Kier alpha value is -1.72. The first-order valence-electron chi connectivity index (χ1n) is 6.72. The molecule has 28 heavy (non-hydrogen) atoms. The SMILES string of the molecule is NOP(=O)(O)O.O=c1[nH]c(=O)n([C@@H]2O[C@@](CO)(C(F)F)C(F)(F)[C@H]2O)cc1F. The quantitative estimate of drug-likeness (QED) is 0.174. The number of aromatic nitrogens is 2. The number of aliphatic hydroxyl groups excluding tert-OH is 2. The Kier molecular flexibility index (Phi) is 7.24. The highest BCUT2D eigenvalue weighted by Crippen LogP contribution is 2.50. The summed E-state index contributed by atoms with van der Waals surface area (Å²) in [5.41, 5.74) is -6.71. The predicted octanol–water partition coefficient (Wildman–Crippen LogP) is -1.83. The van der Waals surface area contributed by atoms with Crippen LogP contribution >= 0.6 is 7.82 Å². The molecule has 0 bridgehead atoms. The monoisotopic (exact) mass is 445 g/mol. The molecule has 1 aliphatic heterocycles. The molecule has 1 aliphatic rings. The van der Waals surface area contributed by atoms with Crippen LogP contribution in [0.1, 0.15) is 6.23 Å². The van der Waals surface area contributed by atoms with Gasteiger partial charge in [-0.3, -0.25) is 14.3 Å². The molecule has 0 saturated carbocycles. The molecule has 0 aromatic carbocycles. The fraction of sp³-hybridized carbons (Fsp3) is 0.600. The van der Waals surface area contributed by atoms with Crippen molar-refractivity contribution >= 4 is 7.82 Å². The number of nitrogens with one attached hydrogen (secondary N) is 1. The van der Waals surface area contributed by atoms with Gasteiger partial charge in [0.15, 0.2) is 12.3 Å². The number of nitrogens with two attached hydrogens (primary N) is 1. The number of H-pyrrole nitrogens is 1. The van der Waals surface area contributed by atoms with Gasteiger partial charge in [-0.05, 0) is 0 Å². The van der Waals surface area contributed by atoms with Gasteiger partial charge in [0.05, 0.1) is 12.8 Å². The molecule has 12 nitrogen and oxygen atoms in total. The standard InChI is InChI=1S/C10H9F5N2O5.H4NO4P/c11-3-1-17(8(21)16-5(3)20)6-4(19)10(14,15)9(2-18,22-6)7(12)13;1-5-6(2,3)4/h1,4,6-7,18-19H,2H2,(H,16,20,21);1H2,(H2,2,3,4)/t4-,6+,9-;/m0./s1. The molecule has 3 atom stereocenters. The van der Waals surface area contributed by atoms with Crippen molar-refractivity contribution in [3.8, 4) is 0 Å². The first-order valence-corrected chi connectivity index (χ1v) is 8.25. The van der Waals surface area contributed by atoms with Crippen molar-refractivity contribution in [1.82, 2.24) is 9.55 Å². The van der Waals surface area contributed by atoms with Crippen molar-refractivity contribution in [2.75, 3.05) is 6.61 Å². The minimum Gasteiger partial charge on any atom is -0.393 e. The van der Waals surface area contributed by atoms with E-state index in [-0.39, 0.29) is 10.8 Å². The second-order valence-electron chi connectivity index (χ2n) is 5.16. The summed E-state index contributed by atoms with van der Waals surface area (Å²) in [7, 11) is -4.37. The van der Waals surface area contributed by atoms with Gasteiger partial charge in [0.2, 0.25) is 11.4 Å². The number of phosphoric acid groups is 1. The van der Waals surface area contributed by atoms with Crippen LogP contribution in [0.5, 0.6) is 0 Å². The van der Waals surface area contributed by atoms with Crippen LogP contribution in [0, 0.1) is 5.82 Å². The van der Waals surface area contributed by atoms with Crippen molar-refractivity contribution in [1.29, 1.82) is 0 Å². The first kappa shape index (κ1) is 24.3. The molecule has 1 saturated heterocycles. The second-order valence-corrected chi connectivity index (χ2v) is 6.36. The molecule has 2 rings (SSSR count). The summed E-state index contributed by atoms with van der Waals surface area (Å²) >= 11 is 0. The fourth-order valence-electron chi connectivity index (χ4n) is 2.06. The van der Waals surface area contributed by atoms with Gasteiger partial charge in [0.25, 0.3) is 12.0 Å². The molecule has 0 spiro atoms. The lowest BCUT2D eigenvalue weighted by molar-refractivity contribution is -0.244. The summed E-state index contributed by atoms with van der Waals surface area (Å²) in [5, 5.41) is 18.3. The van der Waals surface area contributed by atoms with Crippen LogP contribution in [0.4, 0.5) is 22.0 Å². The van der Waals surface area contributed by atoms with Crippen LogP contribution < -0.4 is 17.1 Å². The van der Waals surface area contributed by atoms with E-state index in [9.17, 15) is 41.2 Å². The summed E-state index contributed by atoms with van der Waals surface area (Å²) < 4.78 is 83.4. The van der Waals surface area contributed by atoms with E-state index in [0.717, 1.165) is 0 Å². The molecule has 0 amide bonds. The van der Waals surface area contributed by atoms with E-state index in [4.69, 9.17) is 14.9 Å². The van der Waals surface area contributed by atoms with Crippen LogP contribution in [0.3, 0.4) is 0 Å². The van der Waals surface area contributed by atoms with Crippen molar-refractivity contribution < 1.29 is 55.9 Å². The second kappa shape index (κ2) is 8.34. The fourth-order valence-corrected chi connectivity index (χ4v) is 2.06. The maximum Gasteiger partial charge on any atom is 0.485 e. The molecule has 2 heterocycles. The van der Waals surface area contributed by atoms with Gasteiger partial charge in [0, 0.05) is 0 Å². The van der Waals surface area contributed by atoms with Gasteiger partial charge in [-0.1, -0.05) is 0 Å².